The van der Waals surface area contributed by atoms with E-state index in [2.05, 4.69) is 41.5 Å². The highest BCUT2D eigenvalue weighted by Gasteiger charge is 2.29. The first-order chi connectivity index (χ1) is 7.33. The summed E-state index contributed by atoms with van der Waals surface area (Å²) in [5, 5.41) is 0. The molecule has 1 heteroatoms. The Bertz CT molecular complexity index is 441. The minimum absolute atomic E-state index is 0.00804. The molecule has 0 spiro atoms. The molecule has 1 aliphatic rings. The Kier molecular flexibility index (Phi) is 2.52. The number of hydrogen-bond acceptors (Lipinski definition) is 1. The Hall–Kier alpha value is -0.980. The van der Waals surface area contributed by atoms with Gasteiger partial charge in [-0.15, -0.1) is 0 Å². The minimum Gasteiger partial charge on any atom is -0.487 e. The van der Waals surface area contributed by atoms with Crippen molar-refractivity contribution in [2.45, 2.75) is 60.0 Å². The van der Waals surface area contributed by atoms with Crippen molar-refractivity contribution in [3.05, 3.63) is 27.8 Å². The van der Waals surface area contributed by atoms with Gasteiger partial charge in [-0.25, -0.2) is 0 Å². The molecular weight excluding hydrogens is 196 g/mol. The molecule has 1 aliphatic heterocycles. The topological polar surface area (TPSA) is 9.23 Å². The summed E-state index contributed by atoms with van der Waals surface area (Å²) in [6.45, 7) is 13.2. The number of rotatable bonds is 0. The van der Waals surface area contributed by atoms with Gasteiger partial charge in [0, 0.05) is 0 Å². The van der Waals surface area contributed by atoms with Crippen LogP contribution in [-0.4, -0.2) is 5.60 Å². The Morgan fingerprint density at radius 3 is 2.06 bits per heavy atom. The second-order valence-corrected chi connectivity index (χ2v) is 5.67. The van der Waals surface area contributed by atoms with Crippen LogP contribution in [0.25, 0.3) is 0 Å². The molecule has 0 atom stereocenters. The van der Waals surface area contributed by atoms with Crippen LogP contribution in [0, 0.1) is 27.7 Å². The molecule has 16 heavy (non-hydrogen) atoms. The predicted octanol–water partition coefficient (Wildman–Crippen LogP) is 4.02. The SMILES string of the molecule is Cc1c(C)c(C)c2c(c1C)CCC(C)(C)O2. The van der Waals surface area contributed by atoms with Gasteiger partial charge < -0.3 is 4.74 Å². The maximum absolute atomic E-state index is 6.17. The molecule has 0 radical (unpaired) electrons. The summed E-state index contributed by atoms with van der Waals surface area (Å²) in [5.41, 5.74) is 6.99. The van der Waals surface area contributed by atoms with E-state index in [4.69, 9.17) is 4.74 Å². The molecular formula is C15H22O. The van der Waals surface area contributed by atoms with Crippen LogP contribution in [0.1, 0.15) is 48.1 Å². The highest BCUT2D eigenvalue weighted by atomic mass is 16.5. The van der Waals surface area contributed by atoms with Crippen LogP contribution in [0.2, 0.25) is 0 Å². The third-order valence-electron chi connectivity index (χ3n) is 4.11. The molecule has 1 aromatic carbocycles. The standard InChI is InChI=1S/C15H22O/c1-9-10(2)12(4)14-13(11(9)3)7-8-15(5,6)16-14/h7-8H2,1-6H3. The van der Waals surface area contributed by atoms with E-state index in [9.17, 15) is 0 Å². The van der Waals surface area contributed by atoms with Crippen LogP contribution in [0.4, 0.5) is 0 Å². The Morgan fingerprint density at radius 2 is 1.44 bits per heavy atom. The maximum Gasteiger partial charge on any atom is 0.126 e. The van der Waals surface area contributed by atoms with Gasteiger partial charge in [-0.3, -0.25) is 0 Å². The van der Waals surface area contributed by atoms with E-state index in [1.165, 1.54) is 27.8 Å². The van der Waals surface area contributed by atoms with Crippen molar-refractivity contribution in [1.82, 2.24) is 0 Å². The maximum atomic E-state index is 6.17. The second kappa shape index (κ2) is 3.51. The fourth-order valence-corrected chi connectivity index (χ4v) is 2.55. The molecule has 0 amide bonds. The summed E-state index contributed by atoms with van der Waals surface area (Å²) in [6.07, 6.45) is 2.26. The Labute approximate surface area is 98.8 Å². The first kappa shape index (κ1) is 11.5. The average molecular weight is 218 g/mol. The quantitative estimate of drug-likeness (QED) is 0.639. The van der Waals surface area contributed by atoms with Crippen molar-refractivity contribution in [2.24, 2.45) is 0 Å². The Morgan fingerprint density at radius 1 is 0.875 bits per heavy atom. The molecule has 2 rings (SSSR count). The van der Waals surface area contributed by atoms with Gasteiger partial charge in [0.2, 0.25) is 0 Å². The summed E-state index contributed by atoms with van der Waals surface area (Å²) >= 11 is 0. The van der Waals surface area contributed by atoms with Gasteiger partial charge in [-0.05, 0) is 82.2 Å². The van der Waals surface area contributed by atoms with Crippen molar-refractivity contribution in [1.29, 1.82) is 0 Å². The lowest BCUT2D eigenvalue weighted by Crippen LogP contribution is -2.33. The number of benzene rings is 1. The number of hydrogen-bond donors (Lipinski definition) is 0. The molecule has 1 heterocycles. The summed E-state index contributed by atoms with van der Waals surface area (Å²) in [7, 11) is 0. The average Bonchev–Trinajstić information content (AvgIpc) is 2.22. The molecule has 1 aromatic rings. The zero-order chi connectivity index (χ0) is 12.1. The van der Waals surface area contributed by atoms with Gasteiger partial charge >= 0.3 is 0 Å². The first-order valence-corrected chi connectivity index (χ1v) is 6.12. The largest absolute Gasteiger partial charge is 0.487 e. The molecule has 0 aliphatic carbocycles. The zero-order valence-corrected chi connectivity index (χ0v) is 11.3. The van der Waals surface area contributed by atoms with Crippen molar-refractivity contribution in [3.63, 3.8) is 0 Å². The molecule has 0 bridgehead atoms. The zero-order valence-electron chi connectivity index (χ0n) is 11.3. The van der Waals surface area contributed by atoms with Gasteiger partial charge in [0.05, 0.1) is 0 Å². The summed E-state index contributed by atoms with van der Waals surface area (Å²) in [6, 6.07) is 0. The lowest BCUT2D eigenvalue weighted by atomic mass is 9.86. The third kappa shape index (κ3) is 1.63. The first-order valence-electron chi connectivity index (χ1n) is 6.12. The van der Waals surface area contributed by atoms with Crippen LogP contribution in [0.15, 0.2) is 0 Å². The monoisotopic (exact) mass is 218 g/mol. The molecule has 88 valence electrons. The smallest absolute Gasteiger partial charge is 0.126 e. The van der Waals surface area contributed by atoms with Crippen molar-refractivity contribution in [2.75, 3.05) is 0 Å². The normalized spacial score (nSPS) is 17.9. The van der Waals surface area contributed by atoms with Crippen LogP contribution in [0.3, 0.4) is 0 Å². The van der Waals surface area contributed by atoms with Gasteiger partial charge in [-0.1, -0.05) is 0 Å². The molecule has 0 unspecified atom stereocenters. The van der Waals surface area contributed by atoms with Crippen LogP contribution in [0.5, 0.6) is 5.75 Å². The fourth-order valence-electron chi connectivity index (χ4n) is 2.55. The molecule has 0 N–H and O–H groups in total. The Balaban J connectivity index is 2.65. The van der Waals surface area contributed by atoms with E-state index in [1.807, 2.05) is 0 Å². The lowest BCUT2D eigenvalue weighted by Gasteiger charge is -2.35. The van der Waals surface area contributed by atoms with E-state index in [0.29, 0.717) is 0 Å². The van der Waals surface area contributed by atoms with Crippen molar-refractivity contribution in [3.8, 4) is 5.75 Å². The van der Waals surface area contributed by atoms with Crippen molar-refractivity contribution < 1.29 is 4.74 Å². The van der Waals surface area contributed by atoms with E-state index < -0.39 is 0 Å². The van der Waals surface area contributed by atoms with Gasteiger partial charge in [0.15, 0.2) is 0 Å². The predicted molar refractivity (Wildman–Crippen MR) is 68.4 cm³/mol. The summed E-state index contributed by atoms with van der Waals surface area (Å²) in [5.74, 6) is 1.15. The van der Waals surface area contributed by atoms with Gasteiger partial charge in [0.1, 0.15) is 11.4 Å². The summed E-state index contributed by atoms with van der Waals surface area (Å²) in [4.78, 5) is 0. The van der Waals surface area contributed by atoms with Crippen LogP contribution in [-0.2, 0) is 6.42 Å². The molecule has 0 saturated carbocycles. The minimum atomic E-state index is -0.00804. The van der Waals surface area contributed by atoms with Gasteiger partial charge in [-0.2, -0.15) is 0 Å². The molecule has 0 aromatic heterocycles. The highest BCUT2D eigenvalue weighted by molar-refractivity contribution is 5.55. The highest BCUT2D eigenvalue weighted by Crippen LogP contribution is 2.40. The second-order valence-electron chi connectivity index (χ2n) is 5.67. The number of fused-ring (bicyclic) bond motifs is 1. The van der Waals surface area contributed by atoms with Crippen LogP contribution < -0.4 is 4.74 Å². The van der Waals surface area contributed by atoms with E-state index in [-0.39, 0.29) is 5.60 Å². The molecule has 1 nitrogen and oxygen atoms in total. The molecule has 0 saturated heterocycles. The number of ether oxygens (including phenoxy) is 1. The summed E-state index contributed by atoms with van der Waals surface area (Å²) < 4.78 is 6.17. The van der Waals surface area contributed by atoms with E-state index >= 15 is 0 Å². The van der Waals surface area contributed by atoms with Crippen LogP contribution >= 0.6 is 0 Å². The van der Waals surface area contributed by atoms with Gasteiger partial charge in [0.25, 0.3) is 0 Å². The third-order valence-corrected chi connectivity index (χ3v) is 4.11. The molecule has 0 fully saturated rings. The fraction of sp³-hybridized carbons (Fsp3) is 0.600. The van der Waals surface area contributed by atoms with Crippen molar-refractivity contribution >= 4 is 0 Å². The van der Waals surface area contributed by atoms with E-state index in [1.54, 1.807) is 0 Å². The van der Waals surface area contributed by atoms with E-state index in [0.717, 1.165) is 18.6 Å². The lowest BCUT2D eigenvalue weighted by molar-refractivity contribution is 0.0833.